The van der Waals surface area contributed by atoms with Crippen LogP contribution in [0.3, 0.4) is 0 Å². The highest BCUT2D eigenvalue weighted by molar-refractivity contribution is 9.10. The molecule has 0 aromatic heterocycles. The Labute approximate surface area is 128 Å². The van der Waals surface area contributed by atoms with Crippen molar-refractivity contribution in [2.45, 2.75) is 36.5 Å². The minimum Gasteiger partial charge on any atom is -0.353 e. The highest BCUT2D eigenvalue weighted by atomic mass is 79.9. The van der Waals surface area contributed by atoms with Crippen molar-refractivity contribution < 1.29 is 13.2 Å². The maximum Gasteiger partial charge on any atom is 0.236 e. The Bertz CT molecular complexity index is 580. The van der Waals surface area contributed by atoms with E-state index in [-0.39, 0.29) is 17.3 Å². The lowest BCUT2D eigenvalue weighted by Gasteiger charge is -2.25. The Hall–Kier alpha value is -0.920. The average Bonchev–Trinajstić information content (AvgIpc) is 2.36. The maximum absolute atomic E-state index is 12.5. The molecule has 1 aromatic carbocycles. The van der Waals surface area contributed by atoms with Crippen molar-refractivity contribution in [1.82, 2.24) is 5.32 Å². The second-order valence-corrected chi connectivity index (χ2v) is 8.72. The van der Waals surface area contributed by atoms with E-state index in [1.807, 2.05) is 0 Å². The van der Waals surface area contributed by atoms with E-state index in [2.05, 4.69) is 21.2 Å². The Kier molecular flexibility index (Phi) is 5.34. The molecule has 1 aromatic rings. The van der Waals surface area contributed by atoms with Gasteiger partial charge in [0, 0.05) is 11.0 Å². The zero-order chi connectivity index (χ0) is 15.6. The van der Waals surface area contributed by atoms with Gasteiger partial charge >= 0.3 is 0 Å². The lowest BCUT2D eigenvalue weighted by molar-refractivity contribution is -0.122. The first-order valence-corrected chi connectivity index (χ1v) is 8.39. The van der Waals surface area contributed by atoms with Crippen molar-refractivity contribution >= 4 is 31.7 Å². The van der Waals surface area contributed by atoms with E-state index in [9.17, 15) is 13.2 Å². The van der Waals surface area contributed by atoms with Crippen LogP contribution in [0.25, 0.3) is 0 Å². The van der Waals surface area contributed by atoms with Gasteiger partial charge in [-0.1, -0.05) is 15.9 Å². The predicted octanol–water partition coefficient (Wildman–Crippen LogP) is 1.46. The number of carbonyl (C=O) groups excluding carboxylic acids is 1. The summed E-state index contributed by atoms with van der Waals surface area (Å²) in [6, 6.07) is 5.75. The fourth-order valence-electron chi connectivity index (χ4n) is 1.49. The molecule has 0 saturated carbocycles. The van der Waals surface area contributed by atoms with Gasteiger partial charge in [-0.25, -0.2) is 8.42 Å². The highest BCUT2D eigenvalue weighted by Gasteiger charge is 2.36. The van der Waals surface area contributed by atoms with Crippen molar-refractivity contribution in [3.63, 3.8) is 0 Å². The Morgan fingerprint density at radius 2 is 1.85 bits per heavy atom. The molecule has 0 aliphatic rings. The smallest absolute Gasteiger partial charge is 0.236 e. The molecule has 0 radical (unpaired) electrons. The van der Waals surface area contributed by atoms with Gasteiger partial charge in [-0.2, -0.15) is 0 Å². The van der Waals surface area contributed by atoms with Crippen LogP contribution in [0.2, 0.25) is 0 Å². The normalized spacial score (nSPS) is 13.8. The Morgan fingerprint density at radius 3 is 2.30 bits per heavy atom. The van der Waals surface area contributed by atoms with Crippen LogP contribution in [0.15, 0.2) is 33.6 Å². The van der Waals surface area contributed by atoms with Gasteiger partial charge in [-0.15, -0.1) is 0 Å². The molecule has 0 heterocycles. The van der Waals surface area contributed by atoms with E-state index in [0.29, 0.717) is 0 Å². The van der Waals surface area contributed by atoms with Crippen LogP contribution in [0.1, 0.15) is 20.8 Å². The predicted molar refractivity (Wildman–Crippen MR) is 82.1 cm³/mol. The van der Waals surface area contributed by atoms with Gasteiger partial charge < -0.3 is 11.1 Å². The van der Waals surface area contributed by atoms with Gasteiger partial charge in [-0.05, 0) is 45.0 Å². The first kappa shape index (κ1) is 17.1. The number of carbonyl (C=O) groups is 1. The molecule has 0 spiro atoms. The van der Waals surface area contributed by atoms with Crippen molar-refractivity contribution in [3.05, 3.63) is 28.7 Å². The molecule has 0 fully saturated rings. The van der Waals surface area contributed by atoms with Gasteiger partial charge in [0.15, 0.2) is 9.84 Å². The van der Waals surface area contributed by atoms with E-state index >= 15 is 0 Å². The summed E-state index contributed by atoms with van der Waals surface area (Å²) in [5.74, 6) is -0.371. The Balaban J connectivity index is 2.95. The van der Waals surface area contributed by atoms with Crippen LogP contribution < -0.4 is 11.1 Å². The van der Waals surface area contributed by atoms with Crippen molar-refractivity contribution in [2.75, 3.05) is 6.54 Å². The molecule has 112 valence electrons. The van der Waals surface area contributed by atoms with E-state index < -0.39 is 20.6 Å². The molecule has 1 atom stereocenters. The number of rotatable bonds is 5. The molecule has 5 nitrogen and oxygen atoms in total. The standard InChI is InChI=1S/C13H19BrN2O3S/c1-9(15)12(17)16-8-13(2,3)20(18,19)11-6-4-10(14)5-7-11/h4-7,9H,8,15H2,1-3H3,(H,16,17)/t9-/m0/s1. The van der Waals surface area contributed by atoms with Gasteiger partial charge in [0.25, 0.3) is 0 Å². The fourth-order valence-corrected chi connectivity index (χ4v) is 3.15. The molecule has 1 amide bonds. The minimum absolute atomic E-state index is 0.00572. The quantitative estimate of drug-likeness (QED) is 0.829. The molecule has 0 saturated heterocycles. The summed E-state index contributed by atoms with van der Waals surface area (Å²) < 4.78 is 24.8. The van der Waals surface area contributed by atoms with E-state index in [4.69, 9.17) is 5.73 Å². The maximum atomic E-state index is 12.5. The fraction of sp³-hybridized carbons (Fsp3) is 0.462. The van der Waals surface area contributed by atoms with Crippen LogP contribution in [-0.2, 0) is 14.6 Å². The highest BCUT2D eigenvalue weighted by Crippen LogP contribution is 2.26. The second-order valence-electron chi connectivity index (χ2n) is 5.22. The molecular formula is C13H19BrN2O3S. The first-order chi connectivity index (χ1) is 9.08. The summed E-state index contributed by atoms with van der Waals surface area (Å²) in [6.07, 6.45) is 0. The largest absolute Gasteiger partial charge is 0.353 e. The molecule has 7 heteroatoms. The summed E-state index contributed by atoms with van der Waals surface area (Å²) in [7, 11) is -3.55. The van der Waals surface area contributed by atoms with Crippen molar-refractivity contribution in [3.8, 4) is 0 Å². The first-order valence-electron chi connectivity index (χ1n) is 6.11. The third-order valence-corrected chi connectivity index (χ3v) is 5.97. The number of benzene rings is 1. The number of nitrogens with two attached hydrogens (primary N) is 1. The lowest BCUT2D eigenvalue weighted by Crippen LogP contribution is -2.48. The Morgan fingerprint density at radius 1 is 1.35 bits per heavy atom. The summed E-state index contributed by atoms with van der Waals surface area (Å²) >= 11 is 3.26. The number of hydrogen-bond donors (Lipinski definition) is 2. The van der Waals surface area contributed by atoms with Gasteiger partial charge in [0.05, 0.1) is 15.7 Å². The van der Waals surface area contributed by atoms with Crippen LogP contribution in [-0.4, -0.2) is 31.7 Å². The second kappa shape index (κ2) is 6.24. The van der Waals surface area contributed by atoms with Gasteiger partial charge in [0.2, 0.25) is 5.91 Å². The third kappa shape index (κ3) is 3.80. The molecule has 3 N–H and O–H groups in total. The number of nitrogens with one attached hydrogen (secondary N) is 1. The monoisotopic (exact) mass is 362 g/mol. The number of hydrogen-bond acceptors (Lipinski definition) is 4. The molecule has 1 rings (SSSR count). The molecule has 0 unspecified atom stereocenters. The number of amides is 1. The van der Waals surface area contributed by atoms with Crippen molar-refractivity contribution in [2.24, 2.45) is 5.73 Å². The molecule has 0 bridgehead atoms. The van der Waals surface area contributed by atoms with Gasteiger partial charge in [-0.3, -0.25) is 4.79 Å². The molecule has 0 aliphatic carbocycles. The zero-order valence-electron chi connectivity index (χ0n) is 11.7. The average molecular weight is 363 g/mol. The van der Waals surface area contributed by atoms with Gasteiger partial charge in [0.1, 0.15) is 0 Å². The molecule has 0 aliphatic heterocycles. The lowest BCUT2D eigenvalue weighted by atomic mass is 10.2. The van der Waals surface area contributed by atoms with E-state index in [1.54, 1.807) is 32.9 Å². The minimum atomic E-state index is -3.55. The summed E-state index contributed by atoms with van der Waals surface area (Å²) in [5, 5.41) is 2.56. The number of halogens is 1. The zero-order valence-corrected chi connectivity index (χ0v) is 14.1. The third-order valence-electron chi connectivity index (χ3n) is 2.95. The van der Waals surface area contributed by atoms with Crippen LogP contribution in [0, 0.1) is 0 Å². The number of sulfone groups is 1. The summed E-state index contributed by atoms with van der Waals surface area (Å²) in [6.45, 7) is 4.70. The van der Waals surface area contributed by atoms with Crippen LogP contribution in [0.4, 0.5) is 0 Å². The summed E-state index contributed by atoms with van der Waals surface area (Å²) in [5.41, 5.74) is 5.44. The SMILES string of the molecule is C[C@H](N)C(=O)NCC(C)(C)S(=O)(=O)c1ccc(Br)cc1. The summed E-state index contributed by atoms with van der Waals surface area (Å²) in [4.78, 5) is 11.7. The topological polar surface area (TPSA) is 89.3 Å². The van der Waals surface area contributed by atoms with Crippen LogP contribution in [0.5, 0.6) is 0 Å². The van der Waals surface area contributed by atoms with E-state index in [1.165, 1.54) is 12.1 Å². The van der Waals surface area contributed by atoms with E-state index in [0.717, 1.165) is 4.47 Å². The molecular weight excluding hydrogens is 344 g/mol. The van der Waals surface area contributed by atoms with Crippen molar-refractivity contribution in [1.29, 1.82) is 0 Å². The molecule has 20 heavy (non-hydrogen) atoms. The van der Waals surface area contributed by atoms with Crippen LogP contribution >= 0.6 is 15.9 Å².